The molecule has 16 heteroatoms. The average molecular weight is 594 g/mol. The number of nitrogens with zero attached hydrogens (tertiary/aromatic N) is 5. The lowest BCUT2D eigenvalue weighted by Crippen LogP contribution is -2.43. The molecule has 3 heterocycles. The van der Waals surface area contributed by atoms with Crippen LogP contribution in [0, 0.1) is 0 Å². The van der Waals surface area contributed by atoms with Crippen molar-refractivity contribution in [1.29, 1.82) is 0 Å². The Morgan fingerprint density at radius 2 is 2.05 bits per heavy atom. The van der Waals surface area contributed by atoms with Gasteiger partial charge in [-0.25, -0.2) is 9.78 Å². The Morgan fingerprint density at radius 3 is 2.81 bits per heavy atom. The molecule has 1 aliphatic rings. The predicted molar refractivity (Wildman–Crippen MR) is 149 cm³/mol. The van der Waals surface area contributed by atoms with E-state index in [1.165, 1.54) is 42.5 Å². The van der Waals surface area contributed by atoms with Gasteiger partial charge in [-0.15, -0.1) is 5.10 Å². The number of hydrogen-bond donors (Lipinski definition) is 6. The van der Waals surface area contributed by atoms with Gasteiger partial charge in [-0.2, -0.15) is 4.68 Å². The molecule has 4 aromatic rings. The number of halogens is 1. The van der Waals surface area contributed by atoms with Crippen LogP contribution in [0.15, 0.2) is 55.0 Å². The zero-order valence-electron chi connectivity index (χ0n) is 21.9. The largest absolute Gasteiger partial charge is 0.453 e. The fraction of sp³-hybridized carbons (Fsp3) is 0.192. The second-order valence-electron chi connectivity index (χ2n) is 9.15. The number of aromatic amines is 1. The van der Waals surface area contributed by atoms with Crippen LogP contribution in [0.4, 0.5) is 16.2 Å². The van der Waals surface area contributed by atoms with Crippen molar-refractivity contribution in [3.05, 3.63) is 71.4 Å². The second-order valence-corrected chi connectivity index (χ2v) is 9.58. The Morgan fingerprint density at radius 1 is 1.21 bits per heavy atom. The number of tetrazole rings is 1. The van der Waals surface area contributed by atoms with Crippen LogP contribution < -0.4 is 16.0 Å². The van der Waals surface area contributed by atoms with Crippen molar-refractivity contribution in [2.75, 3.05) is 17.7 Å². The standard InChI is InChI=1S/C26H24ClN9O6/c1-42-26(41)30-15-4-5-16-17(9-15)31-22(39)10-20(37)24(40)23(25-28-11-18(16)32-25)33-21(38)7-2-13-8-14(27)3-6-19(13)36-12-29-34-35-36/h2-9,11-12,20,23-24,37,40H,10H2,1H3,(H,28,32)(H,30,41)(H,31,39)(H,33,38)/b7-2+. The first-order valence-corrected chi connectivity index (χ1v) is 12.8. The smallest absolute Gasteiger partial charge is 0.411 e. The van der Waals surface area contributed by atoms with Gasteiger partial charge in [0.05, 0.1) is 42.9 Å². The van der Waals surface area contributed by atoms with Crippen LogP contribution in [0.1, 0.15) is 23.9 Å². The molecule has 0 saturated heterocycles. The third-order valence-electron chi connectivity index (χ3n) is 6.33. The third-order valence-corrected chi connectivity index (χ3v) is 6.57. The van der Waals surface area contributed by atoms with Gasteiger partial charge in [0, 0.05) is 27.9 Å². The van der Waals surface area contributed by atoms with E-state index < -0.39 is 42.6 Å². The molecule has 1 aliphatic heterocycles. The van der Waals surface area contributed by atoms with E-state index in [1.54, 1.807) is 30.3 Å². The number of hydrogen-bond acceptors (Lipinski definition) is 10. The number of rotatable bonds is 5. The number of methoxy groups -OCH3 is 1. The fourth-order valence-corrected chi connectivity index (χ4v) is 4.50. The zero-order valence-corrected chi connectivity index (χ0v) is 22.6. The Balaban J connectivity index is 1.43. The number of aliphatic hydroxyl groups excluding tert-OH is 2. The Kier molecular flexibility index (Phi) is 8.24. The molecule has 3 unspecified atom stereocenters. The number of carbonyl (C=O) groups is 3. The first-order valence-electron chi connectivity index (χ1n) is 12.4. The van der Waals surface area contributed by atoms with E-state index in [0.29, 0.717) is 38.9 Å². The molecular formula is C26H24ClN9O6. The lowest BCUT2D eigenvalue weighted by molar-refractivity contribution is -0.121. The molecule has 2 aromatic heterocycles. The monoisotopic (exact) mass is 593 g/mol. The molecule has 0 fully saturated rings. The first kappa shape index (κ1) is 28.4. The topological polar surface area (TPSA) is 209 Å². The minimum atomic E-state index is -1.62. The Hall–Kier alpha value is -5.12. The summed E-state index contributed by atoms with van der Waals surface area (Å²) in [6.07, 6.45) is 1.15. The van der Waals surface area contributed by atoms with Crippen LogP contribution in [0.3, 0.4) is 0 Å². The number of aliphatic hydroxyl groups is 2. The summed E-state index contributed by atoms with van der Waals surface area (Å²) >= 11 is 6.15. The van der Waals surface area contributed by atoms with Crippen LogP contribution in [-0.2, 0) is 14.3 Å². The highest BCUT2D eigenvalue weighted by atomic mass is 35.5. The predicted octanol–water partition coefficient (Wildman–Crippen LogP) is 1.82. The summed E-state index contributed by atoms with van der Waals surface area (Å²) in [4.78, 5) is 44.8. The van der Waals surface area contributed by atoms with Gasteiger partial charge in [0.2, 0.25) is 11.8 Å². The van der Waals surface area contributed by atoms with Crippen molar-refractivity contribution in [3.63, 3.8) is 0 Å². The minimum Gasteiger partial charge on any atom is -0.453 e. The Labute approximate surface area is 242 Å². The average Bonchev–Trinajstić information content (AvgIpc) is 3.67. The number of H-pyrrole nitrogens is 1. The van der Waals surface area contributed by atoms with Gasteiger partial charge < -0.3 is 30.6 Å². The Bertz CT molecular complexity index is 1660. The van der Waals surface area contributed by atoms with Gasteiger partial charge in [-0.3, -0.25) is 14.9 Å². The van der Waals surface area contributed by atoms with Gasteiger partial charge in [0.15, 0.2) is 0 Å². The van der Waals surface area contributed by atoms with E-state index in [1.807, 2.05) is 0 Å². The van der Waals surface area contributed by atoms with Crippen molar-refractivity contribution in [1.82, 2.24) is 35.5 Å². The molecular weight excluding hydrogens is 570 g/mol. The number of amides is 3. The van der Waals surface area contributed by atoms with Crippen LogP contribution in [0.2, 0.25) is 5.02 Å². The van der Waals surface area contributed by atoms with Crippen LogP contribution in [-0.4, -0.2) is 77.6 Å². The molecule has 0 spiro atoms. The molecule has 0 radical (unpaired) electrons. The molecule has 216 valence electrons. The summed E-state index contributed by atoms with van der Waals surface area (Å²) in [5.74, 6) is -1.11. The van der Waals surface area contributed by atoms with Crippen molar-refractivity contribution in [2.24, 2.45) is 0 Å². The highest BCUT2D eigenvalue weighted by Gasteiger charge is 2.33. The van der Waals surface area contributed by atoms with Gasteiger partial charge in [-0.1, -0.05) is 11.6 Å². The lowest BCUT2D eigenvalue weighted by atomic mass is 10.0. The third kappa shape index (κ3) is 6.27. The summed E-state index contributed by atoms with van der Waals surface area (Å²) in [7, 11) is 1.22. The molecule has 0 saturated carbocycles. The fourth-order valence-electron chi connectivity index (χ4n) is 4.32. The van der Waals surface area contributed by atoms with E-state index in [0.717, 1.165) is 0 Å². The van der Waals surface area contributed by atoms with Gasteiger partial charge in [0.25, 0.3) is 0 Å². The van der Waals surface area contributed by atoms with Gasteiger partial charge in [0.1, 0.15) is 24.3 Å². The molecule has 42 heavy (non-hydrogen) atoms. The van der Waals surface area contributed by atoms with E-state index in [9.17, 15) is 24.6 Å². The number of imidazole rings is 1. The first-order chi connectivity index (χ1) is 20.2. The molecule has 0 aliphatic carbocycles. The summed E-state index contributed by atoms with van der Waals surface area (Å²) in [5.41, 5.74) is 2.68. The molecule has 3 atom stereocenters. The molecule has 6 N–H and O–H groups in total. The SMILES string of the molecule is COC(=O)Nc1ccc2c(c1)NC(=O)CC(O)C(O)C(NC(=O)/C=C/c1cc(Cl)ccc1-n1cnnn1)c1ncc-2[nH]1. The maximum Gasteiger partial charge on any atom is 0.411 e. The van der Waals surface area contributed by atoms with E-state index in [2.05, 4.69) is 46.2 Å². The number of aromatic nitrogens is 6. The molecule has 5 rings (SSSR count). The maximum absolute atomic E-state index is 13.0. The number of anilines is 2. The number of fused-ring (bicyclic) bond motifs is 4. The van der Waals surface area contributed by atoms with Gasteiger partial charge in [-0.05, 0) is 52.9 Å². The molecule has 3 amide bonds. The second kappa shape index (κ2) is 12.2. The maximum atomic E-state index is 13.0. The highest BCUT2D eigenvalue weighted by molar-refractivity contribution is 6.30. The quantitative estimate of drug-likeness (QED) is 0.185. The number of ether oxygens (including phenoxy) is 1. The number of nitrogens with one attached hydrogen (secondary N) is 4. The van der Waals surface area contributed by atoms with Crippen LogP contribution >= 0.6 is 11.6 Å². The van der Waals surface area contributed by atoms with E-state index in [-0.39, 0.29) is 5.82 Å². The van der Waals surface area contributed by atoms with Crippen molar-refractivity contribution < 1.29 is 29.3 Å². The minimum absolute atomic E-state index is 0.132. The molecule has 15 nitrogen and oxygen atoms in total. The summed E-state index contributed by atoms with van der Waals surface area (Å²) in [6.45, 7) is 0. The summed E-state index contributed by atoms with van der Waals surface area (Å²) < 4.78 is 6.01. The van der Waals surface area contributed by atoms with E-state index >= 15 is 0 Å². The van der Waals surface area contributed by atoms with Crippen molar-refractivity contribution >= 4 is 47.0 Å². The molecule has 2 aromatic carbocycles. The summed E-state index contributed by atoms with van der Waals surface area (Å²) in [6, 6.07) is 8.46. The normalized spacial score (nSPS) is 18.5. The number of benzene rings is 2. The zero-order chi connectivity index (χ0) is 29.8. The highest BCUT2D eigenvalue weighted by Crippen LogP contribution is 2.32. The van der Waals surface area contributed by atoms with E-state index in [4.69, 9.17) is 11.6 Å². The summed E-state index contributed by atoms with van der Waals surface area (Å²) in [5, 5.41) is 41.1. The number of carbonyl (C=O) groups excluding carboxylic acids is 3. The van der Waals surface area contributed by atoms with Crippen LogP contribution in [0.25, 0.3) is 23.0 Å². The van der Waals surface area contributed by atoms with Gasteiger partial charge >= 0.3 is 6.09 Å². The van der Waals surface area contributed by atoms with Crippen LogP contribution in [0.5, 0.6) is 0 Å². The van der Waals surface area contributed by atoms with Crippen molar-refractivity contribution in [2.45, 2.75) is 24.7 Å². The van der Waals surface area contributed by atoms with Crippen molar-refractivity contribution in [3.8, 4) is 16.9 Å². The lowest BCUT2D eigenvalue weighted by Gasteiger charge is -2.25. The molecule has 2 bridgehead atoms.